The Labute approximate surface area is 178 Å². The summed E-state index contributed by atoms with van der Waals surface area (Å²) in [6, 6.07) is 8.55. The summed E-state index contributed by atoms with van der Waals surface area (Å²) in [6.45, 7) is 12.8. The fraction of sp³-hybridized carbons (Fsp3) is 0.560. The van der Waals surface area contributed by atoms with Crippen molar-refractivity contribution in [1.29, 1.82) is 0 Å². The van der Waals surface area contributed by atoms with Crippen LogP contribution in [0.1, 0.15) is 56.1 Å². The van der Waals surface area contributed by atoms with E-state index in [2.05, 4.69) is 49.2 Å². The highest BCUT2D eigenvalue weighted by Crippen LogP contribution is 2.50. The lowest BCUT2D eigenvalue weighted by Crippen LogP contribution is -2.38. The molecule has 2 fully saturated rings. The number of carbonyl (C=O) groups is 1. The number of carbonyl (C=O) groups excluding carboxylic acids is 1. The summed E-state index contributed by atoms with van der Waals surface area (Å²) in [5.41, 5.74) is 3.35. The van der Waals surface area contributed by atoms with Crippen molar-refractivity contribution in [1.82, 2.24) is 4.90 Å². The summed E-state index contributed by atoms with van der Waals surface area (Å²) in [5, 5.41) is 0. The Morgan fingerprint density at radius 1 is 1.23 bits per heavy atom. The number of piperidine rings is 1. The van der Waals surface area contributed by atoms with E-state index in [4.69, 9.17) is 4.74 Å². The summed E-state index contributed by atoms with van der Waals surface area (Å²) in [5.74, 6) is -1.85. The maximum atomic E-state index is 13.4. The van der Waals surface area contributed by atoms with Crippen LogP contribution in [-0.2, 0) is 16.1 Å². The van der Waals surface area contributed by atoms with Crippen molar-refractivity contribution < 1.29 is 18.3 Å². The van der Waals surface area contributed by atoms with Crippen molar-refractivity contribution in [2.24, 2.45) is 11.3 Å². The minimum atomic E-state index is -2.51. The minimum absolute atomic E-state index is 0.0556. The van der Waals surface area contributed by atoms with Gasteiger partial charge in [-0.2, -0.15) is 0 Å². The third kappa shape index (κ3) is 5.37. The zero-order chi connectivity index (χ0) is 21.8. The number of hydrogen-bond acceptors (Lipinski definition) is 3. The second-order valence-corrected chi connectivity index (χ2v) is 9.15. The first kappa shape index (κ1) is 22.7. The molecule has 0 bridgehead atoms. The Hall–Kier alpha value is -2.01. The van der Waals surface area contributed by atoms with E-state index in [0.29, 0.717) is 38.6 Å². The number of alkyl halides is 2. The van der Waals surface area contributed by atoms with Crippen LogP contribution in [0.4, 0.5) is 8.78 Å². The summed E-state index contributed by atoms with van der Waals surface area (Å²) in [6.07, 6.45) is 4.61. The van der Waals surface area contributed by atoms with Crippen LogP contribution in [0, 0.1) is 11.3 Å². The van der Waals surface area contributed by atoms with Crippen LogP contribution in [0.2, 0.25) is 0 Å². The maximum absolute atomic E-state index is 13.4. The van der Waals surface area contributed by atoms with Gasteiger partial charge in [0.2, 0.25) is 0 Å². The molecule has 1 aliphatic carbocycles. The van der Waals surface area contributed by atoms with Crippen molar-refractivity contribution >= 4 is 6.47 Å². The highest BCUT2D eigenvalue weighted by Gasteiger charge is 2.40. The molecule has 3 atom stereocenters. The Kier molecular flexibility index (Phi) is 7.12. The molecular formula is C25H33F2NO2. The van der Waals surface area contributed by atoms with Crippen LogP contribution in [0.25, 0.3) is 0 Å². The number of likely N-dealkylation sites (tertiary alicyclic amines) is 1. The number of hydrogen-bond donors (Lipinski definition) is 0. The number of nitrogens with zero attached hydrogens (tertiary/aromatic N) is 1. The van der Waals surface area contributed by atoms with Gasteiger partial charge in [-0.25, -0.2) is 8.78 Å². The highest BCUT2D eigenvalue weighted by molar-refractivity contribution is 5.37. The molecule has 1 aromatic carbocycles. The van der Waals surface area contributed by atoms with Gasteiger partial charge in [-0.1, -0.05) is 42.5 Å². The minimum Gasteiger partial charge on any atom is -0.467 e. The van der Waals surface area contributed by atoms with E-state index in [1.807, 2.05) is 6.08 Å². The average molecular weight is 418 g/mol. The molecule has 1 saturated heterocycles. The fourth-order valence-corrected chi connectivity index (χ4v) is 5.01. The molecule has 1 heterocycles. The van der Waals surface area contributed by atoms with E-state index < -0.39 is 5.92 Å². The van der Waals surface area contributed by atoms with Gasteiger partial charge >= 0.3 is 0 Å². The molecule has 0 spiro atoms. The van der Waals surface area contributed by atoms with Gasteiger partial charge in [0.1, 0.15) is 6.61 Å². The predicted molar refractivity (Wildman–Crippen MR) is 115 cm³/mol. The second kappa shape index (κ2) is 9.42. The Morgan fingerprint density at radius 2 is 1.90 bits per heavy atom. The van der Waals surface area contributed by atoms with Crippen LogP contribution in [0.5, 0.6) is 0 Å². The van der Waals surface area contributed by atoms with E-state index >= 15 is 0 Å². The fourth-order valence-electron chi connectivity index (χ4n) is 5.01. The van der Waals surface area contributed by atoms with E-state index in [-0.39, 0.29) is 24.2 Å². The van der Waals surface area contributed by atoms with Crippen LogP contribution in [0.3, 0.4) is 0 Å². The molecule has 0 unspecified atom stereocenters. The van der Waals surface area contributed by atoms with Crippen molar-refractivity contribution in [3.8, 4) is 0 Å². The lowest BCUT2D eigenvalue weighted by molar-refractivity contribution is -0.132. The summed E-state index contributed by atoms with van der Waals surface area (Å²) >= 11 is 0. The SMILES string of the molecule is C=C[C@]1(COC=O)CC[C@@H](C(=C)C)[C@H](c2ccc(CN3CCC(F)(F)CC3)cc2)C1. The van der Waals surface area contributed by atoms with Gasteiger partial charge in [0.25, 0.3) is 12.4 Å². The Bertz CT molecular complexity index is 751. The zero-order valence-electron chi connectivity index (χ0n) is 17.9. The van der Waals surface area contributed by atoms with Gasteiger partial charge in [0, 0.05) is 37.9 Å². The van der Waals surface area contributed by atoms with Crippen molar-refractivity contribution in [2.45, 2.75) is 57.4 Å². The molecule has 30 heavy (non-hydrogen) atoms. The van der Waals surface area contributed by atoms with E-state index in [1.165, 1.54) is 11.1 Å². The average Bonchev–Trinajstić information content (AvgIpc) is 2.74. The van der Waals surface area contributed by atoms with E-state index in [9.17, 15) is 13.6 Å². The molecule has 1 saturated carbocycles. The third-order valence-electron chi connectivity index (χ3n) is 6.97. The molecule has 1 aliphatic heterocycles. The number of rotatable bonds is 8. The number of ether oxygens (including phenoxy) is 1. The van der Waals surface area contributed by atoms with Gasteiger partial charge in [-0.15, -0.1) is 6.58 Å². The van der Waals surface area contributed by atoms with Gasteiger partial charge in [0.05, 0.1) is 0 Å². The number of allylic oxidation sites excluding steroid dienone is 1. The molecule has 164 valence electrons. The van der Waals surface area contributed by atoms with Gasteiger partial charge in [-0.3, -0.25) is 9.69 Å². The van der Waals surface area contributed by atoms with E-state index in [1.54, 1.807) is 0 Å². The molecule has 5 heteroatoms. The summed E-state index contributed by atoms with van der Waals surface area (Å²) < 4.78 is 31.9. The summed E-state index contributed by atoms with van der Waals surface area (Å²) in [4.78, 5) is 12.9. The van der Waals surface area contributed by atoms with Crippen LogP contribution >= 0.6 is 0 Å². The second-order valence-electron chi connectivity index (χ2n) is 9.15. The van der Waals surface area contributed by atoms with Gasteiger partial charge < -0.3 is 4.74 Å². The molecule has 0 aromatic heterocycles. The smallest absolute Gasteiger partial charge is 0.293 e. The van der Waals surface area contributed by atoms with Crippen molar-refractivity contribution in [3.63, 3.8) is 0 Å². The Balaban J connectivity index is 1.72. The standard InChI is InChI=1S/C25H33F2NO2/c1-4-24(17-30-18-29)10-9-22(19(2)3)23(15-24)21-7-5-20(6-8-21)16-28-13-11-25(26,27)12-14-28/h4-8,18,22-23H,1-2,9-17H2,3H3/t22-,23-,24-/m0/s1. The molecule has 1 aromatic rings. The molecule has 0 N–H and O–H groups in total. The first-order valence-electron chi connectivity index (χ1n) is 10.8. The van der Waals surface area contributed by atoms with E-state index in [0.717, 1.165) is 24.8 Å². The molecule has 2 aliphatic rings. The molecule has 0 radical (unpaired) electrons. The molecule has 3 nitrogen and oxygen atoms in total. The van der Waals surface area contributed by atoms with Gasteiger partial charge in [-0.05, 0) is 49.1 Å². The van der Waals surface area contributed by atoms with Crippen LogP contribution in [-0.4, -0.2) is 37.0 Å². The monoisotopic (exact) mass is 417 g/mol. The van der Waals surface area contributed by atoms with Gasteiger partial charge in [0.15, 0.2) is 0 Å². The first-order chi connectivity index (χ1) is 14.3. The quantitative estimate of drug-likeness (QED) is 0.400. The predicted octanol–water partition coefficient (Wildman–Crippen LogP) is 5.72. The summed E-state index contributed by atoms with van der Waals surface area (Å²) in [7, 11) is 0. The molecular weight excluding hydrogens is 384 g/mol. The topological polar surface area (TPSA) is 29.5 Å². The molecule has 0 amide bonds. The first-order valence-corrected chi connectivity index (χ1v) is 10.8. The largest absolute Gasteiger partial charge is 0.467 e. The Morgan fingerprint density at radius 3 is 2.47 bits per heavy atom. The highest BCUT2D eigenvalue weighted by atomic mass is 19.3. The van der Waals surface area contributed by atoms with Crippen molar-refractivity contribution in [3.05, 3.63) is 60.2 Å². The number of benzene rings is 1. The third-order valence-corrected chi connectivity index (χ3v) is 6.97. The maximum Gasteiger partial charge on any atom is 0.293 e. The lowest BCUT2D eigenvalue weighted by atomic mass is 9.62. The van der Waals surface area contributed by atoms with Crippen molar-refractivity contribution in [2.75, 3.05) is 19.7 Å². The normalized spacial score (nSPS) is 29.2. The van der Waals surface area contributed by atoms with Crippen LogP contribution < -0.4 is 0 Å². The zero-order valence-corrected chi connectivity index (χ0v) is 17.9. The lowest BCUT2D eigenvalue weighted by Gasteiger charge is -2.43. The molecule has 3 rings (SSSR count). The van der Waals surface area contributed by atoms with Crippen LogP contribution in [0.15, 0.2) is 49.1 Å². The number of halogens is 2.